The minimum atomic E-state index is -0.172. The van der Waals surface area contributed by atoms with Crippen LogP contribution in [0.3, 0.4) is 0 Å². The third-order valence-electron chi connectivity index (χ3n) is 2.78. The smallest absolute Gasteiger partial charge is 0.260 e. The summed E-state index contributed by atoms with van der Waals surface area (Å²) in [4.78, 5) is 18.1. The first-order valence-electron chi connectivity index (χ1n) is 5.90. The Bertz CT molecular complexity index is 586. The molecule has 0 saturated heterocycles. The number of halogens is 1. The molecule has 0 radical (unpaired) electrons. The van der Waals surface area contributed by atoms with Crippen molar-refractivity contribution in [3.63, 3.8) is 0 Å². The number of hydrogen-bond acceptors (Lipinski definition) is 3. The van der Waals surface area contributed by atoms with E-state index in [2.05, 4.69) is 4.98 Å². The van der Waals surface area contributed by atoms with E-state index in [1.165, 1.54) is 0 Å². The molecule has 1 aromatic carbocycles. The van der Waals surface area contributed by atoms with Gasteiger partial charge >= 0.3 is 0 Å². The highest BCUT2D eigenvalue weighted by atomic mass is 35.5. The Morgan fingerprint density at radius 3 is 2.63 bits per heavy atom. The van der Waals surface area contributed by atoms with Crippen LogP contribution in [0.1, 0.15) is 17.3 Å². The highest BCUT2D eigenvalue weighted by molar-refractivity contribution is 6.31. The van der Waals surface area contributed by atoms with E-state index in [9.17, 15) is 4.79 Å². The van der Waals surface area contributed by atoms with Crippen molar-refractivity contribution in [2.45, 2.75) is 6.92 Å². The second-order valence-electron chi connectivity index (χ2n) is 3.99. The molecule has 2 aromatic rings. The molecule has 2 rings (SSSR count). The van der Waals surface area contributed by atoms with Crippen LogP contribution < -0.4 is 10.6 Å². The van der Waals surface area contributed by atoms with Crippen molar-refractivity contribution in [2.75, 3.05) is 17.2 Å². The molecule has 1 aromatic heterocycles. The second-order valence-corrected chi connectivity index (χ2v) is 4.42. The Morgan fingerprint density at radius 2 is 2.00 bits per heavy atom. The molecule has 5 heteroatoms. The van der Waals surface area contributed by atoms with Gasteiger partial charge in [-0.3, -0.25) is 9.78 Å². The van der Waals surface area contributed by atoms with E-state index in [0.717, 1.165) is 5.69 Å². The summed E-state index contributed by atoms with van der Waals surface area (Å²) in [6.07, 6.45) is 3.29. The van der Waals surface area contributed by atoms with Gasteiger partial charge in [0.1, 0.15) is 0 Å². The Labute approximate surface area is 116 Å². The molecule has 0 atom stereocenters. The lowest BCUT2D eigenvalue weighted by Gasteiger charge is -2.21. The number of pyridine rings is 1. The Morgan fingerprint density at radius 1 is 1.32 bits per heavy atom. The van der Waals surface area contributed by atoms with Crippen LogP contribution >= 0.6 is 11.6 Å². The molecular formula is C14H14ClN3O. The van der Waals surface area contributed by atoms with Crippen molar-refractivity contribution in [3.05, 3.63) is 53.3 Å². The molecule has 4 nitrogen and oxygen atoms in total. The van der Waals surface area contributed by atoms with E-state index in [0.29, 0.717) is 22.8 Å². The summed E-state index contributed by atoms with van der Waals surface area (Å²) >= 11 is 5.92. The van der Waals surface area contributed by atoms with Crippen molar-refractivity contribution < 1.29 is 4.79 Å². The number of carbonyl (C=O) groups is 1. The van der Waals surface area contributed by atoms with Gasteiger partial charge in [-0.25, -0.2) is 0 Å². The number of rotatable bonds is 3. The zero-order valence-electron chi connectivity index (χ0n) is 10.5. The molecule has 0 spiro atoms. The normalized spacial score (nSPS) is 10.2. The zero-order chi connectivity index (χ0) is 13.8. The van der Waals surface area contributed by atoms with Crippen molar-refractivity contribution in [1.82, 2.24) is 4.98 Å². The fourth-order valence-electron chi connectivity index (χ4n) is 1.83. The molecule has 0 aliphatic carbocycles. The predicted molar refractivity (Wildman–Crippen MR) is 77.5 cm³/mol. The van der Waals surface area contributed by atoms with Crippen molar-refractivity contribution in [3.8, 4) is 0 Å². The minimum Gasteiger partial charge on any atom is -0.398 e. The second kappa shape index (κ2) is 5.71. The Hall–Kier alpha value is -2.07. The summed E-state index contributed by atoms with van der Waals surface area (Å²) < 4.78 is 0. The topological polar surface area (TPSA) is 59.2 Å². The van der Waals surface area contributed by atoms with E-state index in [-0.39, 0.29) is 5.91 Å². The molecule has 0 bridgehead atoms. The van der Waals surface area contributed by atoms with Crippen LogP contribution in [-0.2, 0) is 0 Å². The van der Waals surface area contributed by atoms with Crippen LogP contribution in [0, 0.1) is 0 Å². The Kier molecular flexibility index (Phi) is 4.02. The van der Waals surface area contributed by atoms with Crippen LogP contribution in [-0.4, -0.2) is 17.4 Å². The van der Waals surface area contributed by atoms with Crippen LogP contribution in [0.2, 0.25) is 5.02 Å². The lowest BCUT2D eigenvalue weighted by Crippen LogP contribution is -2.31. The molecule has 19 heavy (non-hydrogen) atoms. The third kappa shape index (κ3) is 2.85. The molecule has 98 valence electrons. The quantitative estimate of drug-likeness (QED) is 0.876. The van der Waals surface area contributed by atoms with E-state index in [4.69, 9.17) is 17.3 Å². The third-order valence-corrected chi connectivity index (χ3v) is 3.02. The standard InChI is InChI=1S/C14H14ClN3O/c1-2-18(11-5-7-17-8-6-11)14(19)12-9-10(15)3-4-13(12)16/h3-9H,2,16H2,1H3. The van der Waals surface area contributed by atoms with Crippen LogP contribution in [0.15, 0.2) is 42.7 Å². The first kappa shape index (κ1) is 13.4. The molecule has 0 aliphatic heterocycles. The van der Waals surface area contributed by atoms with Gasteiger partial charge in [-0.05, 0) is 37.3 Å². The summed E-state index contributed by atoms with van der Waals surface area (Å²) in [7, 11) is 0. The molecule has 0 aliphatic rings. The number of hydrogen-bond donors (Lipinski definition) is 1. The molecule has 0 saturated carbocycles. The van der Waals surface area contributed by atoms with E-state index in [1.807, 2.05) is 6.92 Å². The summed E-state index contributed by atoms with van der Waals surface area (Å²) in [5.74, 6) is -0.172. The highest BCUT2D eigenvalue weighted by Gasteiger charge is 2.18. The van der Waals surface area contributed by atoms with E-state index >= 15 is 0 Å². The van der Waals surface area contributed by atoms with E-state index < -0.39 is 0 Å². The van der Waals surface area contributed by atoms with Crippen molar-refractivity contribution >= 4 is 28.9 Å². The van der Waals surface area contributed by atoms with Gasteiger partial charge in [0.05, 0.1) is 5.56 Å². The number of carbonyl (C=O) groups excluding carboxylic acids is 1. The number of nitrogen functional groups attached to an aromatic ring is 1. The van der Waals surface area contributed by atoms with Gasteiger partial charge in [0.15, 0.2) is 0 Å². The van der Waals surface area contributed by atoms with Gasteiger partial charge in [0.2, 0.25) is 0 Å². The lowest BCUT2D eigenvalue weighted by atomic mass is 10.1. The van der Waals surface area contributed by atoms with Crippen LogP contribution in [0.25, 0.3) is 0 Å². The lowest BCUT2D eigenvalue weighted by molar-refractivity contribution is 0.0989. The summed E-state index contributed by atoms with van der Waals surface area (Å²) in [6, 6.07) is 8.44. The fraction of sp³-hybridized carbons (Fsp3) is 0.143. The zero-order valence-corrected chi connectivity index (χ0v) is 11.3. The number of amides is 1. The monoisotopic (exact) mass is 275 g/mol. The Balaban J connectivity index is 2.39. The summed E-state index contributed by atoms with van der Waals surface area (Å²) in [5, 5.41) is 0.489. The minimum absolute atomic E-state index is 0.172. The largest absolute Gasteiger partial charge is 0.398 e. The van der Waals surface area contributed by atoms with Crippen LogP contribution in [0.4, 0.5) is 11.4 Å². The van der Waals surface area contributed by atoms with Gasteiger partial charge in [0, 0.05) is 35.3 Å². The van der Waals surface area contributed by atoms with Gasteiger partial charge < -0.3 is 10.6 Å². The molecule has 1 amide bonds. The van der Waals surface area contributed by atoms with Gasteiger partial charge in [-0.1, -0.05) is 11.6 Å². The summed E-state index contributed by atoms with van der Waals surface area (Å²) in [5.41, 5.74) is 7.45. The highest BCUT2D eigenvalue weighted by Crippen LogP contribution is 2.22. The first-order chi connectivity index (χ1) is 9.13. The van der Waals surface area contributed by atoms with Crippen LogP contribution in [0.5, 0.6) is 0 Å². The number of aromatic nitrogens is 1. The SMILES string of the molecule is CCN(C(=O)c1cc(Cl)ccc1N)c1ccncc1. The summed E-state index contributed by atoms with van der Waals surface area (Å²) in [6.45, 7) is 2.44. The van der Waals surface area contributed by atoms with Crippen molar-refractivity contribution in [1.29, 1.82) is 0 Å². The number of anilines is 2. The van der Waals surface area contributed by atoms with E-state index in [1.54, 1.807) is 47.6 Å². The number of benzene rings is 1. The predicted octanol–water partition coefficient (Wildman–Crippen LogP) is 2.98. The number of nitrogens with two attached hydrogens (primary N) is 1. The van der Waals surface area contributed by atoms with Gasteiger partial charge in [-0.2, -0.15) is 0 Å². The average molecular weight is 276 g/mol. The van der Waals surface area contributed by atoms with Crippen molar-refractivity contribution in [2.24, 2.45) is 0 Å². The maximum Gasteiger partial charge on any atom is 0.260 e. The molecule has 0 unspecified atom stereocenters. The average Bonchev–Trinajstić information content (AvgIpc) is 2.43. The first-order valence-corrected chi connectivity index (χ1v) is 6.28. The molecule has 0 fully saturated rings. The van der Waals surface area contributed by atoms with Gasteiger partial charge in [-0.15, -0.1) is 0 Å². The van der Waals surface area contributed by atoms with Gasteiger partial charge in [0.25, 0.3) is 5.91 Å². The fourth-order valence-corrected chi connectivity index (χ4v) is 2.00. The molecule has 1 heterocycles. The molecular weight excluding hydrogens is 262 g/mol. The maximum atomic E-state index is 12.5. The maximum absolute atomic E-state index is 12.5. The molecule has 2 N–H and O–H groups in total. The number of nitrogens with zero attached hydrogens (tertiary/aromatic N) is 2.